The molecule has 2 amide bonds. The molecule has 9 nitrogen and oxygen atoms in total. The number of nitrogens with zero attached hydrogens (tertiary/aromatic N) is 2. The summed E-state index contributed by atoms with van der Waals surface area (Å²) < 4.78 is 4.75. The predicted molar refractivity (Wildman–Crippen MR) is 109 cm³/mol. The molecule has 30 heavy (non-hydrogen) atoms. The second-order valence-corrected chi connectivity index (χ2v) is 6.08. The summed E-state index contributed by atoms with van der Waals surface area (Å²) in [5.74, 6) is -3.25. The van der Waals surface area contributed by atoms with E-state index in [1.165, 1.54) is 31.2 Å². The molecular weight excluding hydrogens is 390 g/mol. The number of carbonyl (C=O) groups excluding carboxylic acids is 3. The Kier molecular flexibility index (Phi) is 6.02. The van der Waals surface area contributed by atoms with Crippen LogP contribution in [0.2, 0.25) is 0 Å². The maximum atomic E-state index is 12.8. The number of nitro groups is 1. The molecule has 9 heteroatoms. The summed E-state index contributed by atoms with van der Waals surface area (Å²) >= 11 is 0. The van der Waals surface area contributed by atoms with Crippen molar-refractivity contribution in [1.29, 1.82) is 0 Å². The summed E-state index contributed by atoms with van der Waals surface area (Å²) in [4.78, 5) is 48.7. The second-order valence-electron chi connectivity index (χ2n) is 6.08. The molecule has 0 aliphatic heterocycles. The summed E-state index contributed by atoms with van der Waals surface area (Å²) in [7, 11) is 0. The summed E-state index contributed by atoms with van der Waals surface area (Å²) in [6.07, 6.45) is 0. The van der Waals surface area contributed by atoms with Gasteiger partial charge >= 0.3 is 11.9 Å². The van der Waals surface area contributed by atoms with E-state index < -0.39 is 28.4 Å². The number of fused-ring (bicyclic) bond motifs is 1. The molecule has 0 atom stereocenters. The molecule has 0 saturated carbocycles. The zero-order chi connectivity index (χ0) is 21.7. The molecule has 0 aliphatic rings. The molecule has 0 aliphatic carbocycles. The number of hydrogen-bond acceptors (Lipinski definition) is 6. The number of rotatable bonds is 4. The number of anilines is 1. The second kappa shape index (κ2) is 8.82. The van der Waals surface area contributed by atoms with Gasteiger partial charge in [-0.15, -0.1) is 0 Å². The summed E-state index contributed by atoms with van der Waals surface area (Å²) in [6.45, 7) is 1.43. The monoisotopic (exact) mass is 407 g/mol. The quantitative estimate of drug-likeness (QED) is 0.307. The van der Waals surface area contributed by atoms with Crippen molar-refractivity contribution in [2.75, 3.05) is 11.6 Å². The summed E-state index contributed by atoms with van der Waals surface area (Å²) in [5.41, 5.74) is 1.82. The number of esters is 1. The zero-order valence-electron chi connectivity index (χ0n) is 15.9. The lowest BCUT2D eigenvalue weighted by Gasteiger charge is -2.23. The van der Waals surface area contributed by atoms with Gasteiger partial charge in [0.25, 0.3) is 11.6 Å². The first-order chi connectivity index (χ1) is 14.4. The first-order valence-corrected chi connectivity index (χ1v) is 8.97. The minimum absolute atomic E-state index is 0.0807. The third-order valence-electron chi connectivity index (χ3n) is 4.20. The van der Waals surface area contributed by atoms with Crippen LogP contribution in [0.25, 0.3) is 10.8 Å². The fourth-order valence-electron chi connectivity index (χ4n) is 2.87. The highest BCUT2D eigenvalue weighted by atomic mass is 16.6. The van der Waals surface area contributed by atoms with Crippen LogP contribution >= 0.6 is 0 Å². The van der Waals surface area contributed by atoms with E-state index in [4.69, 9.17) is 4.74 Å². The van der Waals surface area contributed by atoms with Crippen molar-refractivity contribution in [1.82, 2.24) is 5.43 Å². The molecule has 0 saturated heterocycles. The largest absolute Gasteiger partial charge is 0.459 e. The van der Waals surface area contributed by atoms with Gasteiger partial charge in [0, 0.05) is 17.0 Å². The van der Waals surface area contributed by atoms with Gasteiger partial charge in [-0.2, -0.15) is 0 Å². The number of carbonyl (C=O) groups is 3. The van der Waals surface area contributed by atoms with E-state index in [1.54, 1.807) is 42.5 Å². The van der Waals surface area contributed by atoms with Crippen molar-refractivity contribution in [3.63, 3.8) is 0 Å². The third kappa shape index (κ3) is 4.09. The Morgan fingerprint density at radius 2 is 1.67 bits per heavy atom. The molecular formula is C21H17N3O6. The molecule has 1 N–H and O–H groups in total. The molecule has 0 spiro atoms. The molecule has 3 aromatic rings. The lowest BCUT2D eigenvalue weighted by molar-refractivity contribution is -0.384. The van der Waals surface area contributed by atoms with Crippen LogP contribution in [0.15, 0.2) is 66.7 Å². The molecule has 0 aromatic heterocycles. The number of hydrazine groups is 1. The van der Waals surface area contributed by atoms with E-state index >= 15 is 0 Å². The lowest BCUT2D eigenvalue weighted by atomic mass is 10.1. The van der Waals surface area contributed by atoms with Gasteiger partial charge in [-0.25, -0.2) is 9.80 Å². The van der Waals surface area contributed by atoms with Crippen LogP contribution in [-0.2, 0) is 14.3 Å². The number of benzene rings is 3. The fraction of sp³-hybridized carbons (Fsp3) is 0.0952. The Morgan fingerprint density at radius 1 is 1.00 bits per heavy atom. The summed E-state index contributed by atoms with van der Waals surface area (Å²) in [6, 6.07) is 17.2. The van der Waals surface area contributed by atoms with Crippen molar-refractivity contribution >= 4 is 39.9 Å². The van der Waals surface area contributed by atoms with Gasteiger partial charge in [0.15, 0.2) is 5.69 Å². The van der Waals surface area contributed by atoms with E-state index in [9.17, 15) is 24.5 Å². The van der Waals surface area contributed by atoms with Crippen molar-refractivity contribution in [2.24, 2.45) is 0 Å². The molecule has 0 bridgehead atoms. The van der Waals surface area contributed by atoms with E-state index in [1.807, 2.05) is 0 Å². The molecule has 0 unspecified atom stereocenters. The Hall–Kier alpha value is -4.27. The number of nitrogens with one attached hydrogen (secondary N) is 1. The Bertz CT molecular complexity index is 1130. The lowest BCUT2D eigenvalue weighted by Crippen LogP contribution is -2.50. The molecule has 3 rings (SSSR count). The van der Waals surface area contributed by atoms with Gasteiger partial charge in [0.1, 0.15) is 0 Å². The molecule has 0 fully saturated rings. The van der Waals surface area contributed by atoms with Gasteiger partial charge in [0.05, 0.1) is 11.5 Å². The molecule has 0 radical (unpaired) electrons. The molecule has 0 heterocycles. The SMILES string of the molecule is CCOC(=O)C(=O)N(NC(=O)c1ccccc1)c1c([N+](=O)[O-])ccc2ccccc12. The maximum absolute atomic E-state index is 12.8. The van der Waals surface area contributed by atoms with Crippen molar-refractivity contribution < 1.29 is 24.0 Å². The fourth-order valence-corrected chi connectivity index (χ4v) is 2.87. The van der Waals surface area contributed by atoms with E-state index in [2.05, 4.69) is 5.43 Å². The number of amides is 2. The predicted octanol–water partition coefficient (Wildman–Crippen LogP) is 2.99. The van der Waals surface area contributed by atoms with E-state index in [0.29, 0.717) is 15.8 Å². The normalized spacial score (nSPS) is 10.3. The van der Waals surface area contributed by atoms with E-state index in [0.717, 1.165) is 0 Å². The van der Waals surface area contributed by atoms with Crippen LogP contribution in [0.5, 0.6) is 0 Å². The van der Waals surface area contributed by atoms with Gasteiger partial charge in [0.2, 0.25) is 0 Å². The average molecular weight is 407 g/mol. The van der Waals surface area contributed by atoms with Gasteiger partial charge in [-0.05, 0) is 30.5 Å². The highest BCUT2D eigenvalue weighted by Gasteiger charge is 2.33. The van der Waals surface area contributed by atoms with Crippen LogP contribution in [0.1, 0.15) is 17.3 Å². The smallest absolute Gasteiger partial charge is 0.399 e. The minimum Gasteiger partial charge on any atom is -0.459 e. The van der Waals surface area contributed by atoms with Crippen LogP contribution in [-0.4, -0.2) is 29.3 Å². The standard InChI is InChI=1S/C21H17N3O6/c1-2-30-21(27)20(26)23(22-19(25)15-9-4-3-5-10-15)18-16-11-7-6-8-14(16)12-13-17(18)24(28)29/h3-13H,2H2,1H3,(H,22,25). The Morgan fingerprint density at radius 3 is 2.33 bits per heavy atom. The Balaban J connectivity index is 2.18. The minimum atomic E-state index is -1.26. The van der Waals surface area contributed by atoms with E-state index in [-0.39, 0.29) is 17.9 Å². The van der Waals surface area contributed by atoms with Crippen molar-refractivity contribution in [3.8, 4) is 0 Å². The van der Waals surface area contributed by atoms with Gasteiger partial charge in [-0.3, -0.25) is 25.1 Å². The Labute approximate surface area is 171 Å². The van der Waals surface area contributed by atoms with Crippen molar-refractivity contribution in [2.45, 2.75) is 6.92 Å². The maximum Gasteiger partial charge on any atom is 0.399 e. The van der Waals surface area contributed by atoms with Gasteiger partial charge < -0.3 is 4.74 Å². The highest BCUT2D eigenvalue weighted by Crippen LogP contribution is 2.35. The van der Waals surface area contributed by atoms with Crippen LogP contribution in [0.3, 0.4) is 0 Å². The van der Waals surface area contributed by atoms with Gasteiger partial charge in [-0.1, -0.05) is 42.5 Å². The zero-order valence-corrected chi connectivity index (χ0v) is 15.9. The topological polar surface area (TPSA) is 119 Å². The first kappa shape index (κ1) is 20.5. The van der Waals surface area contributed by atoms with Crippen LogP contribution in [0.4, 0.5) is 11.4 Å². The highest BCUT2D eigenvalue weighted by molar-refractivity contribution is 6.39. The van der Waals surface area contributed by atoms with Crippen LogP contribution < -0.4 is 10.4 Å². The molecule has 152 valence electrons. The number of ether oxygens (including phenoxy) is 1. The number of nitro benzene ring substituents is 1. The average Bonchev–Trinajstić information content (AvgIpc) is 2.76. The summed E-state index contributed by atoms with van der Waals surface area (Å²) in [5, 5.41) is 13.1. The third-order valence-corrected chi connectivity index (χ3v) is 4.20. The van der Waals surface area contributed by atoms with Crippen LogP contribution in [0, 0.1) is 10.1 Å². The molecule has 3 aromatic carbocycles. The first-order valence-electron chi connectivity index (χ1n) is 8.97. The van der Waals surface area contributed by atoms with Crippen molar-refractivity contribution in [3.05, 3.63) is 82.4 Å². The number of hydrogen-bond donors (Lipinski definition) is 1.